The molecular weight excluding hydrogens is 430 g/mol. The van der Waals surface area contributed by atoms with Gasteiger partial charge in [0, 0.05) is 36.3 Å². The summed E-state index contributed by atoms with van der Waals surface area (Å²) in [5.41, 5.74) is 1.80. The number of hydrogen-bond acceptors (Lipinski definition) is 6. The number of carbonyl (C=O) groups excluding carboxylic acids is 1. The topological polar surface area (TPSA) is 108 Å². The first kappa shape index (κ1) is 20.5. The number of aromatic nitrogens is 2. The van der Waals surface area contributed by atoms with Gasteiger partial charge in [-0.3, -0.25) is 9.89 Å². The second-order valence-corrected chi connectivity index (χ2v) is 9.45. The number of amides is 1. The lowest BCUT2D eigenvalue weighted by molar-refractivity contribution is -0.116. The van der Waals surface area contributed by atoms with Crippen LogP contribution in [0.1, 0.15) is 0 Å². The third-order valence-corrected chi connectivity index (χ3v) is 6.92. The molecule has 2 heterocycles. The number of rotatable bonds is 5. The fourth-order valence-electron chi connectivity index (χ4n) is 3.28. The van der Waals surface area contributed by atoms with Gasteiger partial charge < -0.3 is 15.0 Å². The van der Waals surface area contributed by atoms with Crippen LogP contribution in [0.15, 0.2) is 41.4 Å². The average molecular weight is 450 g/mol. The van der Waals surface area contributed by atoms with Crippen molar-refractivity contribution in [2.75, 3.05) is 44.0 Å². The molecule has 0 atom stereocenters. The lowest BCUT2D eigenvalue weighted by Gasteiger charge is -2.28. The first-order valence-electron chi connectivity index (χ1n) is 9.12. The predicted octanol–water partition coefficient (Wildman–Crippen LogP) is 2.30. The highest BCUT2D eigenvalue weighted by Gasteiger charge is 2.26. The van der Waals surface area contributed by atoms with Gasteiger partial charge in [-0.05, 0) is 24.3 Å². The molecule has 0 unspecified atom stereocenters. The standard InChI is InChI=1S/C19H20ClN5O4S/c1-24-5-6-29-16-9-14(3-4-15(16)24)22-18(26)11-25(2)30(27,28)17-8-13(20)7-12-10-21-23-19(12)17/h3-4,7-10H,5-6,11H2,1-2H3,(H,21,23)(H,22,26). The van der Waals surface area contributed by atoms with Gasteiger partial charge in [0.1, 0.15) is 17.3 Å². The Hall–Kier alpha value is -2.82. The third kappa shape index (κ3) is 3.81. The summed E-state index contributed by atoms with van der Waals surface area (Å²) in [7, 11) is -0.681. The van der Waals surface area contributed by atoms with Crippen molar-refractivity contribution in [2.45, 2.75) is 4.90 Å². The SMILES string of the molecule is CN1CCOc2cc(NC(=O)CN(C)S(=O)(=O)c3cc(Cl)cc4cn[nH]c34)ccc21. The van der Waals surface area contributed by atoms with E-state index in [-0.39, 0.29) is 16.5 Å². The number of carbonyl (C=O) groups is 1. The number of anilines is 2. The molecule has 3 aromatic rings. The number of likely N-dealkylation sites (N-methyl/N-ethyl adjacent to an activating group) is 2. The minimum Gasteiger partial charge on any atom is -0.489 e. The monoisotopic (exact) mass is 449 g/mol. The molecule has 4 rings (SSSR count). The number of benzene rings is 2. The van der Waals surface area contributed by atoms with Gasteiger partial charge in [-0.25, -0.2) is 8.42 Å². The van der Waals surface area contributed by atoms with E-state index in [0.717, 1.165) is 16.5 Å². The van der Waals surface area contributed by atoms with Gasteiger partial charge in [-0.2, -0.15) is 9.40 Å². The van der Waals surface area contributed by atoms with E-state index in [1.807, 2.05) is 13.1 Å². The Morgan fingerprint density at radius 3 is 2.97 bits per heavy atom. The lowest BCUT2D eigenvalue weighted by Crippen LogP contribution is -2.35. The van der Waals surface area contributed by atoms with E-state index in [4.69, 9.17) is 16.3 Å². The van der Waals surface area contributed by atoms with Crippen molar-refractivity contribution in [1.82, 2.24) is 14.5 Å². The number of hydrogen-bond donors (Lipinski definition) is 2. The number of halogens is 1. The molecule has 0 radical (unpaired) electrons. The van der Waals surface area contributed by atoms with Gasteiger partial charge >= 0.3 is 0 Å². The van der Waals surface area contributed by atoms with Gasteiger partial charge in [0.25, 0.3) is 0 Å². The molecule has 30 heavy (non-hydrogen) atoms. The number of ether oxygens (including phenoxy) is 1. The van der Waals surface area contributed by atoms with Crippen molar-refractivity contribution in [3.05, 3.63) is 41.6 Å². The summed E-state index contributed by atoms with van der Waals surface area (Å²) in [6.07, 6.45) is 1.49. The van der Waals surface area contributed by atoms with Gasteiger partial charge in [-0.1, -0.05) is 11.6 Å². The van der Waals surface area contributed by atoms with E-state index >= 15 is 0 Å². The van der Waals surface area contributed by atoms with E-state index in [2.05, 4.69) is 20.4 Å². The molecule has 0 aliphatic carbocycles. The van der Waals surface area contributed by atoms with Crippen molar-refractivity contribution < 1.29 is 17.9 Å². The second-order valence-electron chi connectivity index (χ2n) is 7.00. The summed E-state index contributed by atoms with van der Waals surface area (Å²) in [5, 5.41) is 10.1. The molecule has 1 amide bonds. The summed E-state index contributed by atoms with van der Waals surface area (Å²) < 4.78 is 32.7. The van der Waals surface area contributed by atoms with Crippen LogP contribution in [-0.4, -0.2) is 62.6 Å². The van der Waals surface area contributed by atoms with Crippen LogP contribution in [0.3, 0.4) is 0 Å². The molecule has 0 fully saturated rings. The Morgan fingerprint density at radius 1 is 1.37 bits per heavy atom. The largest absolute Gasteiger partial charge is 0.489 e. The fraction of sp³-hybridized carbons (Fsp3) is 0.263. The number of aromatic amines is 1. The normalized spacial score (nSPS) is 13.9. The molecule has 158 valence electrons. The van der Waals surface area contributed by atoms with Crippen molar-refractivity contribution in [1.29, 1.82) is 0 Å². The maximum atomic E-state index is 13.0. The first-order valence-corrected chi connectivity index (χ1v) is 10.9. The van der Waals surface area contributed by atoms with Crippen LogP contribution < -0.4 is 15.0 Å². The van der Waals surface area contributed by atoms with Crippen LogP contribution in [0.4, 0.5) is 11.4 Å². The number of nitrogens with one attached hydrogen (secondary N) is 2. The molecule has 0 saturated heterocycles. The van der Waals surface area contributed by atoms with Crippen molar-refractivity contribution >= 4 is 49.8 Å². The van der Waals surface area contributed by atoms with Crippen molar-refractivity contribution in [3.63, 3.8) is 0 Å². The Labute approximate surface area is 178 Å². The second kappa shape index (κ2) is 7.78. The molecule has 1 aliphatic rings. The van der Waals surface area contributed by atoms with Crippen LogP contribution in [0.5, 0.6) is 5.75 Å². The summed E-state index contributed by atoms with van der Waals surface area (Å²) in [4.78, 5) is 14.5. The van der Waals surface area contributed by atoms with Crippen LogP contribution in [0, 0.1) is 0 Å². The van der Waals surface area contributed by atoms with Crippen LogP contribution in [-0.2, 0) is 14.8 Å². The number of H-pyrrole nitrogens is 1. The molecule has 0 bridgehead atoms. The zero-order valence-electron chi connectivity index (χ0n) is 16.3. The average Bonchev–Trinajstić information content (AvgIpc) is 3.15. The molecule has 9 nitrogen and oxygen atoms in total. The van der Waals surface area contributed by atoms with Crippen LogP contribution in [0.2, 0.25) is 5.02 Å². The quantitative estimate of drug-likeness (QED) is 0.618. The maximum absolute atomic E-state index is 13.0. The highest BCUT2D eigenvalue weighted by atomic mass is 35.5. The van der Waals surface area contributed by atoms with Gasteiger partial charge in [0.05, 0.1) is 30.5 Å². The zero-order valence-corrected chi connectivity index (χ0v) is 17.9. The van der Waals surface area contributed by atoms with Crippen LogP contribution in [0.25, 0.3) is 10.9 Å². The highest BCUT2D eigenvalue weighted by molar-refractivity contribution is 7.89. The summed E-state index contributed by atoms with van der Waals surface area (Å²) in [6, 6.07) is 8.28. The molecule has 0 saturated carbocycles. The molecule has 2 aromatic carbocycles. The van der Waals surface area contributed by atoms with Gasteiger partial charge in [-0.15, -0.1) is 0 Å². The Morgan fingerprint density at radius 2 is 2.17 bits per heavy atom. The van der Waals surface area contributed by atoms with E-state index in [1.54, 1.807) is 18.2 Å². The molecule has 2 N–H and O–H groups in total. The first-order chi connectivity index (χ1) is 14.3. The fourth-order valence-corrected chi connectivity index (χ4v) is 4.90. The zero-order chi connectivity index (χ0) is 21.5. The molecular formula is C19H20ClN5O4S. The van der Waals surface area contributed by atoms with E-state index in [9.17, 15) is 13.2 Å². The number of nitrogens with zero attached hydrogens (tertiary/aromatic N) is 3. The lowest BCUT2D eigenvalue weighted by atomic mass is 10.2. The van der Waals surface area contributed by atoms with Gasteiger partial charge in [0.15, 0.2) is 0 Å². The maximum Gasteiger partial charge on any atom is 0.245 e. The highest BCUT2D eigenvalue weighted by Crippen LogP contribution is 2.33. The Kier molecular flexibility index (Phi) is 5.31. The van der Waals surface area contributed by atoms with Crippen molar-refractivity contribution in [2.24, 2.45) is 0 Å². The number of fused-ring (bicyclic) bond motifs is 2. The minimum atomic E-state index is -3.98. The number of sulfonamides is 1. The van der Waals surface area contributed by atoms with Crippen molar-refractivity contribution in [3.8, 4) is 5.75 Å². The summed E-state index contributed by atoms with van der Waals surface area (Å²) >= 11 is 6.05. The van der Waals surface area contributed by atoms with E-state index < -0.39 is 15.9 Å². The molecule has 1 aliphatic heterocycles. The molecule has 0 spiro atoms. The van der Waals surface area contributed by atoms with E-state index in [0.29, 0.717) is 28.9 Å². The van der Waals surface area contributed by atoms with E-state index in [1.165, 1.54) is 19.3 Å². The van der Waals surface area contributed by atoms with Gasteiger partial charge in [0.2, 0.25) is 15.9 Å². The predicted molar refractivity (Wildman–Crippen MR) is 115 cm³/mol. The summed E-state index contributed by atoms with van der Waals surface area (Å²) in [5.74, 6) is 0.191. The molecule has 1 aromatic heterocycles. The Balaban J connectivity index is 1.51. The van der Waals surface area contributed by atoms with Crippen LogP contribution >= 0.6 is 11.6 Å². The smallest absolute Gasteiger partial charge is 0.245 e. The summed E-state index contributed by atoms with van der Waals surface area (Å²) in [6.45, 7) is 0.973. The molecule has 11 heteroatoms. The third-order valence-electron chi connectivity index (χ3n) is 4.87. The Bertz CT molecular complexity index is 1230. The minimum absolute atomic E-state index is 0.0389.